The van der Waals surface area contributed by atoms with Crippen molar-refractivity contribution in [3.05, 3.63) is 17.1 Å². The van der Waals surface area contributed by atoms with E-state index in [2.05, 4.69) is 10.3 Å². The number of nitrogen functional groups attached to an aromatic ring is 1. The summed E-state index contributed by atoms with van der Waals surface area (Å²) < 4.78 is 1.12. The minimum Gasteiger partial charge on any atom is -0.397 e. The van der Waals surface area contributed by atoms with Gasteiger partial charge in [-0.3, -0.25) is 0 Å². The first kappa shape index (κ1) is 13.6. The van der Waals surface area contributed by atoms with Crippen molar-refractivity contribution in [2.75, 3.05) is 11.1 Å². The summed E-state index contributed by atoms with van der Waals surface area (Å²) in [7, 11) is 0. The van der Waals surface area contributed by atoms with Crippen LogP contribution in [0.15, 0.2) is 12.1 Å². The number of aliphatic hydroxyl groups excluding tert-OH is 1. The molecule has 1 heterocycles. The molecule has 0 saturated heterocycles. The Hall–Kier alpha value is -1.33. The van der Waals surface area contributed by atoms with E-state index < -0.39 is 0 Å². The molecule has 2 aromatic rings. The first-order valence-corrected chi connectivity index (χ1v) is 8.06. The molecule has 0 radical (unpaired) electrons. The van der Waals surface area contributed by atoms with Crippen molar-refractivity contribution in [1.82, 2.24) is 4.98 Å². The molecule has 5 heteroatoms. The van der Waals surface area contributed by atoms with Gasteiger partial charge in [0.2, 0.25) is 0 Å². The molecular weight excluding hydrogens is 270 g/mol. The maximum Gasteiger partial charge on any atom is 0.0907 e. The van der Waals surface area contributed by atoms with Crippen LogP contribution in [0.5, 0.6) is 0 Å². The largest absolute Gasteiger partial charge is 0.397 e. The Morgan fingerprint density at radius 2 is 2.10 bits per heavy atom. The molecule has 1 aliphatic carbocycles. The van der Waals surface area contributed by atoms with Crippen LogP contribution >= 0.6 is 11.3 Å². The number of thiazole rings is 1. The van der Waals surface area contributed by atoms with Crippen LogP contribution in [0.25, 0.3) is 10.2 Å². The second kappa shape index (κ2) is 5.58. The second-order valence-electron chi connectivity index (χ2n) is 5.60. The molecule has 1 aromatic carbocycles. The van der Waals surface area contributed by atoms with Gasteiger partial charge in [-0.2, -0.15) is 0 Å². The van der Waals surface area contributed by atoms with E-state index >= 15 is 0 Å². The highest BCUT2D eigenvalue weighted by Crippen LogP contribution is 2.31. The van der Waals surface area contributed by atoms with Crippen LogP contribution in [0.1, 0.15) is 37.1 Å². The minimum atomic E-state index is -0.287. The number of rotatable bonds is 2. The van der Waals surface area contributed by atoms with Crippen LogP contribution in [0.4, 0.5) is 11.4 Å². The molecule has 1 aliphatic rings. The van der Waals surface area contributed by atoms with Crippen LogP contribution in [0, 0.1) is 6.92 Å². The molecule has 0 bridgehead atoms. The lowest BCUT2D eigenvalue weighted by Gasteiger charge is -2.23. The minimum absolute atomic E-state index is 0.0944. The van der Waals surface area contributed by atoms with Crippen molar-refractivity contribution in [2.24, 2.45) is 0 Å². The van der Waals surface area contributed by atoms with Gasteiger partial charge in [0.15, 0.2) is 0 Å². The summed E-state index contributed by atoms with van der Waals surface area (Å²) in [6.45, 7) is 2.00. The lowest BCUT2D eigenvalue weighted by Crippen LogP contribution is -2.32. The molecule has 0 aliphatic heterocycles. The Bertz CT molecular complexity index is 610. The Balaban J connectivity index is 1.87. The highest BCUT2D eigenvalue weighted by Gasteiger charge is 2.22. The van der Waals surface area contributed by atoms with Crippen molar-refractivity contribution in [2.45, 2.75) is 51.2 Å². The van der Waals surface area contributed by atoms with Crippen LogP contribution in [-0.2, 0) is 0 Å². The fourth-order valence-electron chi connectivity index (χ4n) is 2.89. The smallest absolute Gasteiger partial charge is 0.0907 e. The molecule has 0 amide bonds. The quantitative estimate of drug-likeness (QED) is 0.586. The average molecular weight is 291 g/mol. The Labute approximate surface area is 123 Å². The topological polar surface area (TPSA) is 71.2 Å². The predicted octanol–water partition coefficient (Wildman–Crippen LogP) is 3.29. The van der Waals surface area contributed by atoms with E-state index in [0.717, 1.165) is 52.3 Å². The molecule has 2 unspecified atom stereocenters. The van der Waals surface area contributed by atoms with E-state index in [9.17, 15) is 5.11 Å². The van der Waals surface area contributed by atoms with Crippen LogP contribution in [0.2, 0.25) is 0 Å². The Morgan fingerprint density at radius 3 is 2.95 bits per heavy atom. The van der Waals surface area contributed by atoms with Gasteiger partial charge in [-0.1, -0.05) is 19.3 Å². The lowest BCUT2D eigenvalue weighted by molar-refractivity contribution is 0.144. The van der Waals surface area contributed by atoms with Gasteiger partial charge in [-0.25, -0.2) is 4.98 Å². The number of nitrogens with zero attached hydrogens (tertiary/aromatic N) is 1. The monoisotopic (exact) mass is 291 g/mol. The maximum atomic E-state index is 10.2. The third-order valence-corrected chi connectivity index (χ3v) is 4.92. The summed E-state index contributed by atoms with van der Waals surface area (Å²) in [5.74, 6) is 0. The molecule has 4 N–H and O–H groups in total. The van der Waals surface area contributed by atoms with Gasteiger partial charge in [-0.05, 0) is 31.9 Å². The highest BCUT2D eigenvalue weighted by molar-refractivity contribution is 7.18. The summed E-state index contributed by atoms with van der Waals surface area (Å²) in [6.07, 6.45) is 5.05. The number of benzene rings is 1. The molecule has 2 atom stereocenters. The average Bonchev–Trinajstić information content (AvgIpc) is 2.62. The summed E-state index contributed by atoms with van der Waals surface area (Å²) in [4.78, 5) is 4.51. The molecule has 0 spiro atoms. The second-order valence-corrected chi connectivity index (χ2v) is 6.83. The van der Waals surface area contributed by atoms with E-state index in [0.29, 0.717) is 0 Å². The van der Waals surface area contributed by atoms with Crippen molar-refractivity contribution in [1.29, 1.82) is 0 Å². The van der Waals surface area contributed by atoms with Gasteiger partial charge in [0, 0.05) is 0 Å². The van der Waals surface area contributed by atoms with Crippen molar-refractivity contribution in [3.63, 3.8) is 0 Å². The number of aryl methyl sites for hydroxylation is 1. The number of aromatic nitrogens is 1. The Morgan fingerprint density at radius 1 is 1.30 bits per heavy atom. The number of anilines is 2. The molecule has 1 aromatic heterocycles. The zero-order valence-corrected chi connectivity index (χ0v) is 12.5. The van der Waals surface area contributed by atoms with Crippen molar-refractivity contribution >= 4 is 32.9 Å². The summed E-state index contributed by atoms with van der Waals surface area (Å²) in [5.41, 5.74) is 8.74. The number of hydrogen-bond acceptors (Lipinski definition) is 5. The molecule has 4 nitrogen and oxygen atoms in total. The number of aliphatic hydroxyl groups is 1. The van der Waals surface area contributed by atoms with E-state index in [-0.39, 0.29) is 12.1 Å². The van der Waals surface area contributed by atoms with Crippen molar-refractivity contribution < 1.29 is 5.11 Å². The molecule has 1 saturated carbocycles. The highest BCUT2D eigenvalue weighted by atomic mass is 32.1. The number of nitrogens with two attached hydrogens (primary N) is 1. The van der Waals surface area contributed by atoms with Crippen LogP contribution in [0.3, 0.4) is 0 Å². The van der Waals surface area contributed by atoms with Gasteiger partial charge >= 0.3 is 0 Å². The van der Waals surface area contributed by atoms with E-state index in [1.165, 1.54) is 6.42 Å². The molecule has 20 heavy (non-hydrogen) atoms. The molecular formula is C15H21N3OS. The van der Waals surface area contributed by atoms with E-state index in [4.69, 9.17) is 5.73 Å². The number of nitrogens with one attached hydrogen (secondary N) is 1. The number of fused-ring (bicyclic) bond motifs is 1. The first-order chi connectivity index (χ1) is 9.63. The van der Waals surface area contributed by atoms with Crippen molar-refractivity contribution in [3.8, 4) is 0 Å². The zero-order chi connectivity index (χ0) is 14.1. The molecule has 3 rings (SSSR count). The summed E-state index contributed by atoms with van der Waals surface area (Å²) >= 11 is 1.66. The van der Waals surface area contributed by atoms with Gasteiger partial charge in [0.1, 0.15) is 0 Å². The van der Waals surface area contributed by atoms with Gasteiger partial charge in [0.25, 0.3) is 0 Å². The Kier molecular flexibility index (Phi) is 3.81. The lowest BCUT2D eigenvalue weighted by atomic mass is 10.1. The van der Waals surface area contributed by atoms with Crippen LogP contribution in [-0.4, -0.2) is 22.2 Å². The maximum absolute atomic E-state index is 10.2. The first-order valence-electron chi connectivity index (χ1n) is 7.25. The van der Waals surface area contributed by atoms with Crippen LogP contribution < -0.4 is 11.1 Å². The van der Waals surface area contributed by atoms with Gasteiger partial charge in [0.05, 0.1) is 38.7 Å². The third kappa shape index (κ3) is 2.74. The van der Waals surface area contributed by atoms with E-state index in [1.54, 1.807) is 11.3 Å². The fraction of sp³-hybridized carbons (Fsp3) is 0.533. The number of hydrogen-bond donors (Lipinski definition) is 3. The zero-order valence-electron chi connectivity index (χ0n) is 11.7. The molecule has 108 valence electrons. The van der Waals surface area contributed by atoms with E-state index in [1.807, 2.05) is 19.1 Å². The van der Waals surface area contributed by atoms with Gasteiger partial charge in [-0.15, -0.1) is 11.3 Å². The fourth-order valence-corrected chi connectivity index (χ4v) is 3.74. The SMILES string of the molecule is Cc1nc2cc(NC3CCCCCC3O)c(N)cc2s1. The summed E-state index contributed by atoms with van der Waals surface area (Å²) in [5, 5.41) is 14.7. The summed E-state index contributed by atoms with van der Waals surface area (Å²) in [6, 6.07) is 4.08. The molecule has 1 fully saturated rings. The normalized spacial score (nSPS) is 23.7. The third-order valence-electron chi connectivity index (χ3n) is 3.99. The van der Waals surface area contributed by atoms with Gasteiger partial charge < -0.3 is 16.2 Å². The predicted molar refractivity (Wildman–Crippen MR) is 85.3 cm³/mol. The standard InChI is InChI=1S/C15H21N3OS/c1-9-17-13-8-12(10(16)7-15(13)20-9)18-11-5-3-2-4-6-14(11)19/h7-8,11,14,18-19H,2-6,16H2,1H3.